The molecule has 0 aromatic carbocycles. The third-order valence-electron chi connectivity index (χ3n) is 3.72. The number of unbranched alkanes of at least 4 members (excludes halogenated alkanes) is 2. The van der Waals surface area contributed by atoms with Crippen molar-refractivity contribution in [3.63, 3.8) is 0 Å². The van der Waals surface area contributed by atoms with Crippen LogP contribution in [0.15, 0.2) is 0 Å². The van der Waals surface area contributed by atoms with Gasteiger partial charge in [-0.15, -0.1) is 0 Å². The molecular weight excluding hydrogens is 238 g/mol. The molecule has 114 valence electrons. The predicted molar refractivity (Wildman–Crippen MR) is 80.6 cm³/mol. The first-order valence-electron chi connectivity index (χ1n) is 8.17. The minimum atomic E-state index is 0.462. The minimum absolute atomic E-state index is 0.462. The van der Waals surface area contributed by atoms with E-state index in [2.05, 4.69) is 26.1 Å². The van der Waals surface area contributed by atoms with Crippen LogP contribution in [0.2, 0.25) is 0 Å². The van der Waals surface area contributed by atoms with Gasteiger partial charge in [-0.1, -0.05) is 33.6 Å². The molecule has 0 unspecified atom stereocenters. The Labute approximate surface area is 119 Å². The second-order valence-electron chi connectivity index (χ2n) is 5.99. The van der Waals surface area contributed by atoms with Gasteiger partial charge >= 0.3 is 0 Å². The molecule has 0 atom stereocenters. The van der Waals surface area contributed by atoms with E-state index in [9.17, 15) is 0 Å². The highest BCUT2D eigenvalue weighted by atomic mass is 16.5. The third kappa shape index (κ3) is 8.61. The molecule has 1 aliphatic carbocycles. The maximum Gasteiger partial charge on any atom is 0.0704 e. The summed E-state index contributed by atoms with van der Waals surface area (Å²) in [4.78, 5) is 0. The summed E-state index contributed by atoms with van der Waals surface area (Å²) in [6.07, 6.45) is 9.06. The maximum atomic E-state index is 5.89. The molecule has 0 spiro atoms. The molecule has 0 aromatic heterocycles. The van der Waals surface area contributed by atoms with E-state index in [4.69, 9.17) is 9.47 Å². The van der Waals surface area contributed by atoms with Crippen molar-refractivity contribution in [2.75, 3.05) is 19.8 Å². The SMILES string of the molecule is CCCCCOCCOC1CCC(NC(C)C)CC1. The second-order valence-corrected chi connectivity index (χ2v) is 5.99. The standard InChI is InChI=1S/C16H33NO2/c1-4-5-6-11-18-12-13-19-16-9-7-15(8-10-16)17-14(2)3/h14-17H,4-13H2,1-3H3. The Morgan fingerprint density at radius 2 is 1.74 bits per heavy atom. The topological polar surface area (TPSA) is 30.5 Å². The van der Waals surface area contributed by atoms with Crippen molar-refractivity contribution in [2.45, 2.75) is 83.9 Å². The van der Waals surface area contributed by atoms with Crippen LogP contribution in [-0.2, 0) is 9.47 Å². The Hall–Kier alpha value is -0.120. The molecule has 1 aliphatic rings. The summed E-state index contributed by atoms with van der Waals surface area (Å²) in [5.74, 6) is 0. The molecular formula is C16H33NO2. The summed E-state index contributed by atoms with van der Waals surface area (Å²) >= 11 is 0. The number of hydrogen-bond donors (Lipinski definition) is 1. The molecule has 1 rings (SSSR count). The van der Waals surface area contributed by atoms with Gasteiger partial charge in [0.25, 0.3) is 0 Å². The summed E-state index contributed by atoms with van der Waals surface area (Å²) in [6, 6.07) is 1.30. The van der Waals surface area contributed by atoms with Crippen LogP contribution in [0.1, 0.15) is 65.7 Å². The van der Waals surface area contributed by atoms with Gasteiger partial charge in [0.15, 0.2) is 0 Å². The fraction of sp³-hybridized carbons (Fsp3) is 1.00. The monoisotopic (exact) mass is 271 g/mol. The highest BCUT2D eigenvalue weighted by Crippen LogP contribution is 2.21. The summed E-state index contributed by atoms with van der Waals surface area (Å²) in [6.45, 7) is 9.07. The molecule has 0 bridgehead atoms. The molecule has 1 fully saturated rings. The normalized spacial score (nSPS) is 24.0. The molecule has 0 saturated heterocycles. The lowest BCUT2D eigenvalue weighted by atomic mass is 9.92. The van der Waals surface area contributed by atoms with Crippen LogP contribution in [0.3, 0.4) is 0 Å². The van der Waals surface area contributed by atoms with Crippen LogP contribution >= 0.6 is 0 Å². The van der Waals surface area contributed by atoms with E-state index >= 15 is 0 Å². The average Bonchev–Trinajstić information content (AvgIpc) is 2.39. The van der Waals surface area contributed by atoms with E-state index < -0.39 is 0 Å². The number of ether oxygens (including phenoxy) is 2. The molecule has 3 heteroatoms. The van der Waals surface area contributed by atoms with Crippen LogP contribution in [0.25, 0.3) is 0 Å². The van der Waals surface area contributed by atoms with Gasteiger partial charge in [0.1, 0.15) is 0 Å². The zero-order valence-corrected chi connectivity index (χ0v) is 13.1. The van der Waals surface area contributed by atoms with E-state index in [1.54, 1.807) is 0 Å². The van der Waals surface area contributed by atoms with Gasteiger partial charge in [0.2, 0.25) is 0 Å². The van der Waals surface area contributed by atoms with E-state index in [0.29, 0.717) is 18.2 Å². The maximum absolute atomic E-state index is 5.89. The molecule has 3 nitrogen and oxygen atoms in total. The average molecular weight is 271 g/mol. The van der Waals surface area contributed by atoms with Gasteiger partial charge in [-0.2, -0.15) is 0 Å². The Morgan fingerprint density at radius 3 is 2.37 bits per heavy atom. The lowest BCUT2D eigenvalue weighted by Crippen LogP contribution is -2.39. The van der Waals surface area contributed by atoms with Crippen molar-refractivity contribution < 1.29 is 9.47 Å². The zero-order chi connectivity index (χ0) is 13.9. The van der Waals surface area contributed by atoms with Gasteiger partial charge < -0.3 is 14.8 Å². The zero-order valence-electron chi connectivity index (χ0n) is 13.1. The highest BCUT2D eigenvalue weighted by molar-refractivity contribution is 4.78. The van der Waals surface area contributed by atoms with Gasteiger partial charge in [-0.05, 0) is 32.1 Å². The Balaban J connectivity index is 1.92. The fourth-order valence-electron chi connectivity index (χ4n) is 2.70. The van der Waals surface area contributed by atoms with Crippen LogP contribution in [0.4, 0.5) is 0 Å². The van der Waals surface area contributed by atoms with Crippen molar-refractivity contribution in [3.05, 3.63) is 0 Å². The molecule has 1 saturated carbocycles. The molecule has 0 heterocycles. The van der Waals surface area contributed by atoms with Crippen LogP contribution in [0, 0.1) is 0 Å². The van der Waals surface area contributed by atoms with Gasteiger partial charge in [-0.3, -0.25) is 0 Å². The van der Waals surface area contributed by atoms with Crippen molar-refractivity contribution in [1.82, 2.24) is 5.32 Å². The quantitative estimate of drug-likeness (QED) is 0.617. The molecule has 19 heavy (non-hydrogen) atoms. The van der Waals surface area contributed by atoms with Gasteiger partial charge in [0.05, 0.1) is 19.3 Å². The van der Waals surface area contributed by atoms with Crippen molar-refractivity contribution in [1.29, 1.82) is 0 Å². The Bertz CT molecular complexity index is 201. The summed E-state index contributed by atoms with van der Waals surface area (Å²) < 4.78 is 11.5. The molecule has 1 N–H and O–H groups in total. The highest BCUT2D eigenvalue weighted by Gasteiger charge is 2.21. The molecule has 0 aliphatic heterocycles. The van der Waals surface area contributed by atoms with Crippen LogP contribution in [0.5, 0.6) is 0 Å². The first-order valence-corrected chi connectivity index (χ1v) is 8.17. The van der Waals surface area contributed by atoms with E-state index in [1.165, 1.54) is 44.9 Å². The lowest BCUT2D eigenvalue weighted by molar-refractivity contribution is -0.0143. The van der Waals surface area contributed by atoms with Gasteiger partial charge in [0, 0.05) is 18.7 Å². The van der Waals surface area contributed by atoms with Gasteiger partial charge in [-0.25, -0.2) is 0 Å². The molecule has 0 aromatic rings. The van der Waals surface area contributed by atoms with E-state index in [1.807, 2.05) is 0 Å². The first kappa shape index (κ1) is 16.9. The van der Waals surface area contributed by atoms with Crippen LogP contribution < -0.4 is 5.32 Å². The number of nitrogens with one attached hydrogen (secondary N) is 1. The van der Waals surface area contributed by atoms with Crippen molar-refractivity contribution in [3.8, 4) is 0 Å². The van der Waals surface area contributed by atoms with E-state index in [0.717, 1.165) is 19.8 Å². The van der Waals surface area contributed by atoms with Crippen molar-refractivity contribution in [2.24, 2.45) is 0 Å². The fourth-order valence-corrected chi connectivity index (χ4v) is 2.70. The number of hydrogen-bond acceptors (Lipinski definition) is 3. The Morgan fingerprint density at radius 1 is 1.00 bits per heavy atom. The predicted octanol–water partition coefficient (Wildman–Crippen LogP) is 3.52. The summed E-state index contributed by atoms with van der Waals surface area (Å²) in [7, 11) is 0. The minimum Gasteiger partial charge on any atom is -0.379 e. The molecule has 0 radical (unpaired) electrons. The first-order chi connectivity index (χ1) is 9.22. The largest absolute Gasteiger partial charge is 0.379 e. The number of rotatable bonds is 10. The van der Waals surface area contributed by atoms with Crippen LogP contribution in [-0.4, -0.2) is 38.0 Å². The third-order valence-corrected chi connectivity index (χ3v) is 3.72. The lowest BCUT2D eigenvalue weighted by Gasteiger charge is -2.30. The van der Waals surface area contributed by atoms with Crippen molar-refractivity contribution >= 4 is 0 Å². The summed E-state index contributed by atoms with van der Waals surface area (Å²) in [5, 5.41) is 3.62. The Kier molecular flexibility index (Phi) is 9.48. The molecule has 0 amide bonds. The van der Waals surface area contributed by atoms with E-state index in [-0.39, 0.29) is 0 Å². The second kappa shape index (κ2) is 10.6. The summed E-state index contributed by atoms with van der Waals surface area (Å²) in [5.41, 5.74) is 0. The smallest absolute Gasteiger partial charge is 0.0704 e.